The summed E-state index contributed by atoms with van der Waals surface area (Å²) >= 11 is 0. The van der Waals surface area contributed by atoms with Crippen LogP contribution < -0.4 is 10.6 Å². The number of aryl methyl sites for hydroxylation is 1. The van der Waals surface area contributed by atoms with Gasteiger partial charge >= 0.3 is 6.03 Å². The van der Waals surface area contributed by atoms with Crippen LogP contribution in [0, 0.1) is 6.92 Å². The first-order chi connectivity index (χ1) is 9.63. The number of carbonyl (C=O) groups excluding carboxylic acids is 1. The zero-order valence-electron chi connectivity index (χ0n) is 11.1. The van der Waals surface area contributed by atoms with Crippen molar-refractivity contribution in [2.45, 2.75) is 6.92 Å². The van der Waals surface area contributed by atoms with Crippen molar-refractivity contribution in [1.29, 1.82) is 0 Å². The van der Waals surface area contributed by atoms with Crippen molar-refractivity contribution < 1.29 is 9.90 Å². The van der Waals surface area contributed by atoms with E-state index < -0.39 is 0 Å². The van der Waals surface area contributed by atoms with Gasteiger partial charge in [-0.15, -0.1) is 0 Å². The Morgan fingerprint density at radius 2 is 1.70 bits per heavy atom. The van der Waals surface area contributed by atoms with E-state index >= 15 is 0 Å². The lowest BCUT2D eigenvalue weighted by Gasteiger charge is -2.04. The van der Waals surface area contributed by atoms with Crippen LogP contribution in [-0.4, -0.2) is 11.1 Å². The fourth-order valence-electron chi connectivity index (χ4n) is 1.60. The molecule has 2 aromatic carbocycles. The van der Waals surface area contributed by atoms with Gasteiger partial charge in [0.05, 0.1) is 0 Å². The molecule has 0 heterocycles. The minimum absolute atomic E-state index is 0.162. The van der Waals surface area contributed by atoms with E-state index in [1.807, 2.05) is 37.3 Å². The lowest BCUT2D eigenvalue weighted by Crippen LogP contribution is -2.23. The number of hydrogen-bond acceptors (Lipinski definition) is 2. The summed E-state index contributed by atoms with van der Waals surface area (Å²) in [5, 5.41) is 14.4. The number of aromatic hydroxyl groups is 1. The zero-order chi connectivity index (χ0) is 14.4. The van der Waals surface area contributed by atoms with Gasteiger partial charge in [-0.05, 0) is 42.8 Å². The number of nitrogens with one attached hydrogen (secondary N) is 2. The van der Waals surface area contributed by atoms with Gasteiger partial charge in [0.15, 0.2) is 0 Å². The maximum atomic E-state index is 11.6. The molecule has 0 saturated carbocycles. The number of phenolic OH excluding ortho intramolecular Hbond substituents is 1. The predicted molar refractivity (Wildman–Crippen MR) is 80.5 cm³/mol. The minimum Gasteiger partial charge on any atom is -0.508 e. The molecule has 102 valence electrons. The van der Waals surface area contributed by atoms with Gasteiger partial charge in [-0.1, -0.05) is 29.8 Å². The molecule has 0 aromatic heterocycles. The SMILES string of the molecule is Cc1ccc(/C=C/NC(=O)Nc2ccc(O)cc2)cc1. The van der Waals surface area contributed by atoms with Gasteiger partial charge in [-0.2, -0.15) is 0 Å². The second kappa shape index (κ2) is 6.43. The average molecular weight is 268 g/mol. The molecule has 0 saturated heterocycles. The Balaban J connectivity index is 1.85. The Hall–Kier alpha value is -2.75. The van der Waals surface area contributed by atoms with E-state index in [4.69, 9.17) is 5.11 Å². The molecule has 3 N–H and O–H groups in total. The highest BCUT2D eigenvalue weighted by Gasteiger charge is 1.98. The van der Waals surface area contributed by atoms with Gasteiger partial charge < -0.3 is 15.7 Å². The number of phenols is 1. The molecule has 20 heavy (non-hydrogen) atoms. The van der Waals surface area contributed by atoms with Crippen molar-refractivity contribution in [2.75, 3.05) is 5.32 Å². The summed E-state index contributed by atoms with van der Waals surface area (Å²) in [5.41, 5.74) is 2.82. The average Bonchev–Trinajstić information content (AvgIpc) is 2.44. The summed E-state index contributed by atoms with van der Waals surface area (Å²) in [7, 11) is 0. The van der Waals surface area contributed by atoms with Crippen LogP contribution in [0.3, 0.4) is 0 Å². The van der Waals surface area contributed by atoms with E-state index in [1.54, 1.807) is 18.3 Å². The zero-order valence-corrected chi connectivity index (χ0v) is 11.1. The van der Waals surface area contributed by atoms with Crippen LogP contribution in [0.5, 0.6) is 5.75 Å². The molecule has 4 heteroatoms. The van der Waals surface area contributed by atoms with Gasteiger partial charge in [-0.25, -0.2) is 4.79 Å². The third-order valence-electron chi connectivity index (χ3n) is 2.69. The largest absolute Gasteiger partial charge is 0.508 e. The molecule has 4 nitrogen and oxygen atoms in total. The van der Waals surface area contributed by atoms with Crippen molar-refractivity contribution >= 4 is 17.8 Å². The second-order valence-electron chi connectivity index (χ2n) is 4.39. The smallest absolute Gasteiger partial charge is 0.323 e. The molecule has 0 aliphatic carbocycles. The van der Waals surface area contributed by atoms with E-state index in [1.165, 1.54) is 17.7 Å². The van der Waals surface area contributed by atoms with Gasteiger partial charge in [0, 0.05) is 11.9 Å². The van der Waals surface area contributed by atoms with Crippen LogP contribution in [0.15, 0.2) is 54.7 Å². The molecule has 2 aromatic rings. The fourth-order valence-corrected chi connectivity index (χ4v) is 1.60. The third-order valence-corrected chi connectivity index (χ3v) is 2.69. The highest BCUT2D eigenvalue weighted by atomic mass is 16.3. The summed E-state index contributed by atoms with van der Waals surface area (Å²) in [5.74, 6) is 0.162. The lowest BCUT2D eigenvalue weighted by atomic mass is 10.1. The highest BCUT2D eigenvalue weighted by molar-refractivity contribution is 5.90. The number of anilines is 1. The number of hydrogen-bond donors (Lipinski definition) is 3. The Bertz CT molecular complexity index is 601. The maximum Gasteiger partial charge on any atom is 0.323 e. The fraction of sp³-hybridized carbons (Fsp3) is 0.0625. The second-order valence-corrected chi connectivity index (χ2v) is 4.39. The number of benzene rings is 2. The first-order valence-corrected chi connectivity index (χ1v) is 6.23. The van der Waals surface area contributed by atoms with Crippen molar-refractivity contribution in [3.63, 3.8) is 0 Å². The summed E-state index contributed by atoms with van der Waals surface area (Å²) in [6.07, 6.45) is 3.40. The normalized spacial score (nSPS) is 10.4. The monoisotopic (exact) mass is 268 g/mol. The topological polar surface area (TPSA) is 61.4 Å². The van der Waals surface area contributed by atoms with Crippen LogP contribution in [0.2, 0.25) is 0 Å². The van der Waals surface area contributed by atoms with Gasteiger partial charge in [0.2, 0.25) is 0 Å². The summed E-state index contributed by atoms with van der Waals surface area (Å²) in [6, 6.07) is 13.9. The molecule has 0 unspecified atom stereocenters. The van der Waals surface area contributed by atoms with E-state index in [0.717, 1.165) is 5.56 Å². The lowest BCUT2D eigenvalue weighted by molar-refractivity contribution is 0.255. The molecular formula is C16H16N2O2. The highest BCUT2D eigenvalue weighted by Crippen LogP contribution is 2.13. The summed E-state index contributed by atoms with van der Waals surface area (Å²) in [4.78, 5) is 11.6. The minimum atomic E-state index is -0.334. The molecule has 0 fully saturated rings. The van der Waals surface area contributed by atoms with E-state index in [0.29, 0.717) is 5.69 Å². The van der Waals surface area contributed by atoms with Gasteiger partial charge in [0.1, 0.15) is 5.75 Å². The van der Waals surface area contributed by atoms with Crippen molar-refractivity contribution in [2.24, 2.45) is 0 Å². The molecule has 0 spiro atoms. The van der Waals surface area contributed by atoms with Crippen molar-refractivity contribution in [1.82, 2.24) is 5.32 Å². The van der Waals surface area contributed by atoms with Gasteiger partial charge in [-0.3, -0.25) is 0 Å². The number of amides is 2. The standard InChI is InChI=1S/C16H16N2O2/c1-12-2-4-13(5-3-12)10-11-17-16(20)18-14-6-8-15(19)9-7-14/h2-11,19H,1H3,(H2,17,18,20)/b11-10+. The summed E-state index contributed by atoms with van der Waals surface area (Å²) < 4.78 is 0. The molecule has 0 bridgehead atoms. The van der Waals surface area contributed by atoms with E-state index in [-0.39, 0.29) is 11.8 Å². The Morgan fingerprint density at radius 3 is 2.35 bits per heavy atom. The Kier molecular flexibility index (Phi) is 4.39. The molecular weight excluding hydrogens is 252 g/mol. The molecule has 2 amide bonds. The van der Waals surface area contributed by atoms with Crippen LogP contribution >= 0.6 is 0 Å². The molecule has 0 atom stereocenters. The van der Waals surface area contributed by atoms with Crippen LogP contribution in [0.25, 0.3) is 6.08 Å². The van der Waals surface area contributed by atoms with Gasteiger partial charge in [0.25, 0.3) is 0 Å². The number of carbonyl (C=O) groups is 1. The van der Waals surface area contributed by atoms with E-state index in [2.05, 4.69) is 10.6 Å². The molecule has 2 rings (SSSR count). The first-order valence-electron chi connectivity index (χ1n) is 6.23. The number of urea groups is 1. The van der Waals surface area contributed by atoms with E-state index in [9.17, 15) is 4.79 Å². The Labute approximate surface area is 117 Å². The van der Waals surface area contributed by atoms with Crippen molar-refractivity contribution in [3.8, 4) is 5.75 Å². The number of rotatable bonds is 3. The van der Waals surface area contributed by atoms with Crippen LogP contribution in [0.1, 0.15) is 11.1 Å². The quantitative estimate of drug-likeness (QED) is 0.746. The molecule has 0 aliphatic heterocycles. The Morgan fingerprint density at radius 1 is 1.05 bits per heavy atom. The predicted octanol–water partition coefficient (Wildman–Crippen LogP) is 3.49. The van der Waals surface area contributed by atoms with Crippen LogP contribution in [-0.2, 0) is 0 Å². The molecule has 0 aliphatic rings. The summed E-state index contributed by atoms with van der Waals surface area (Å²) in [6.45, 7) is 2.02. The third kappa shape index (κ3) is 4.17. The van der Waals surface area contributed by atoms with Crippen molar-refractivity contribution in [3.05, 3.63) is 65.9 Å². The van der Waals surface area contributed by atoms with Crippen LogP contribution in [0.4, 0.5) is 10.5 Å². The molecule has 0 radical (unpaired) electrons. The maximum absolute atomic E-state index is 11.6. The first kappa shape index (κ1) is 13.7.